The van der Waals surface area contributed by atoms with Crippen molar-refractivity contribution in [1.82, 2.24) is 5.32 Å². The van der Waals surface area contributed by atoms with Crippen LogP contribution in [0.5, 0.6) is 5.75 Å². The van der Waals surface area contributed by atoms with Crippen molar-refractivity contribution in [3.05, 3.63) is 44.7 Å². The molecule has 4 rings (SSSR count). The van der Waals surface area contributed by atoms with E-state index in [1.807, 2.05) is 0 Å². The number of rotatable bonds is 6. The molecule has 0 saturated heterocycles. The topological polar surface area (TPSA) is 170 Å². The molecular formula is C24H27ClN2O7. The molecule has 0 spiro atoms. The van der Waals surface area contributed by atoms with Gasteiger partial charge in [0.2, 0.25) is 5.78 Å². The van der Waals surface area contributed by atoms with Crippen LogP contribution in [0.15, 0.2) is 23.0 Å². The van der Waals surface area contributed by atoms with Crippen LogP contribution < -0.4 is 11.1 Å². The maximum absolute atomic E-state index is 13.4. The highest BCUT2D eigenvalue weighted by Crippen LogP contribution is 2.53. The number of ketones is 2. The van der Waals surface area contributed by atoms with Gasteiger partial charge in [-0.1, -0.05) is 24.9 Å². The minimum Gasteiger partial charge on any atom is -0.508 e. The predicted octanol–water partition coefficient (Wildman–Crippen LogP) is 1.97. The van der Waals surface area contributed by atoms with Gasteiger partial charge in [0.1, 0.15) is 22.8 Å². The molecule has 3 aliphatic rings. The average Bonchev–Trinajstić information content (AvgIpc) is 2.76. The van der Waals surface area contributed by atoms with E-state index in [4.69, 9.17) is 17.3 Å². The molecule has 1 aromatic carbocycles. The molecule has 0 aromatic heterocycles. The number of hydrogen-bond donors (Lipinski definition) is 6. The largest absolute Gasteiger partial charge is 0.508 e. The third kappa shape index (κ3) is 3.50. The van der Waals surface area contributed by atoms with E-state index in [0.29, 0.717) is 22.7 Å². The van der Waals surface area contributed by atoms with Gasteiger partial charge in [-0.2, -0.15) is 0 Å². The maximum atomic E-state index is 13.4. The number of phenolic OH excluding ortho intramolecular Hbond substituents is 1. The molecule has 1 amide bonds. The number of benzene rings is 1. The zero-order chi connectivity index (χ0) is 24.9. The van der Waals surface area contributed by atoms with E-state index < -0.39 is 52.0 Å². The Bertz CT molecular complexity index is 1170. The molecule has 9 nitrogen and oxygen atoms in total. The summed E-state index contributed by atoms with van der Waals surface area (Å²) in [6.45, 7) is 3.25. The molecule has 3 atom stereocenters. The minimum absolute atomic E-state index is 0.00515. The molecule has 182 valence electrons. The maximum Gasteiger partial charge on any atom is 0.255 e. The van der Waals surface area contributed by atoms with Crippen molar-refractivity contribution in [1.29, 1.82) is 0 Å². The number of nitrogens with one attached hydrogen (secondary N) is 1. The van der Waals surface area contributed by atoms with Crippen molar-refractivity contribution in [2.45, 2.75) is 51.2 Å². The smallest absolute Gasteiger partial charge is 0.255 e. The number of primary amides is 1. The van der Waals surface area contributed by atoms with Crippen LogP contribution in [0, 0.1) is 11.8 Å². The Kier molecular flexibility index (Phi) is 6.22. The highest BCUT2D eigenvalue weighted by molar-refractivity contribution is 6.32. The highest BCUT2D eigenvalue weighted by atomic mass is 35.5. The van der Waals surface area contributed by atoms with E-state index in [0.717, 1.165) is 19.4 Å². The first-order valence-corrected chi connectivity index (χ1v) is 11.6. The third-order valence-electron chi connectivity index (χ3n) is 7.09. The summed E-state index contributed by atoms with van der Waals surface area (Å²) >= 11 is 6.64. The summed E-state index contributed by atoms with van der Waals surface area (Å²) in [6, 6.07) is 1.42. The third-order valence-corrected chi connectivity index (χ3v) is 7.57. The monoisotopic (exact) mass is 490 g/mol. The van der Waals surface area contributed by atoms with Crippen LogP contribution in [0.4, 0.5) is 0 Å². The van der Waals surface area contributed by atoms with E-state index >= 15 is 0 Å². The molecule has 0 radical (unpaired) electrons. The second-order valence-corrected chi connectivity index (χ2v) is 9.54. The van der Waals surface area contributed by atoms with Gasteiger partial charge in [0.05, 0.1) is 5.56 Å². The zero-order valence-electron chi connectivity index (χ0n) is 18.7. The Hall–Kier alpha value is -2.88. The fourth-order valence-electron chi connectivity index (χ4n) is 5.38. The van der Waals surface area contributed by atoms with Gasteiger partial charge in [-0.05, 0) is 48.9 Å². The van der Waals surface area contributed by atoms with Crippen molar-refractivity contribution in [3.8, 4) is 5.75 Å². The molecule has 1 fully saturated rings. The van der Waals surface area contributed by atoms with Crippen molar-refractivity contribution in [2.75, 3.05) is 6.54 Å². The van der Waals surface area contributed by atoms with Crippen LogP contribution >= 0.6 is 11.6 Å². The summed E-state index contributed by atoms with van der Waals surface area (Å²) in [7, 11) is 0. The number of carbonyl (C=O) groups excluding carboxylic acids is 3. The minimum atomic E-state index is -2.57. The van der Waals surface area contributed by atoms with Gasteiger partial charge >= 0.3 is 0 Å². The van der Waals surface area contributed by atoms with Gasteiger partial charge in [0, 0.05) is 29.5 Å². The van der Waals surface area contributed by atoms with Crippen molar-refractivity contribution in [2.24, 2.45) is 17.6 Å². The average molecular weight is 491 g/mol. The molecule has 7 N–H and O–H groups in total. The fourth-order valence-corrected chi connectivity index (χ4v) is 5.67. The molecular weight excluding hydrogens is 464 g/mol. The molecule has 34 heavy (non-hydrogen) atoms. The highest BCUT2D eigenvalue weighted by Gasteiger charge is 2.60. The van der Waals surface area contributed by atoms with Crippen LogP contribution in [0.1, 0.15) is 49.3 Å². The van der Waals surface area contributed by atoms with E-state index in [2.05, 4.69) is 12.2 Å². The van der Waals surface area contributed by atoms with Crippen molar-refractivity contribution >= 4 is 34.8 Å². The van der Waals surface area contributed by atoms with Crippen molar-refractivity contribution in [3.63, 3.8) is 0 Å². The first kappa shape index (κ1) is 24.3. The number of nitrogens with two attached hydrogens (primary N) is 1. The number of aliphatic hydroxyl groups excluding tert-OH is 2. The summed E-state index contributed by atoms with van der Waals surface area (Å²) in [4.78, 5) is 37.5. The number of aliphatic hydroxyl groups is 3. The fraction of sp³-hybridized carbons (Fsp3) is 0.458. The van der Waals surface area contributed by atoms with Gasteiger partial charge in [0.15, 0.2) is 11.4 Å². The number of unbranched alkanes of at least 4 members (excludes halogenated alkanes) is 1. The number of amides is 1. The van der Waals surface area contributed by atoms with Crippen LogP contribution in [-0.4, -0.2) is 50.0 Å². The van der Waals surface area contributed by atoms with Crippen LogP contribution in [0.3, 0.4) is 0 Å². The van der Waals surface area contributed by atoms with E-state index in [1.165, 1.54) is 6.07 Å². The summed E-state index contributed by atoms with van der Waals surface area (Å²) in [5, 5.41) is 47.1. The Balaban J connectivity index is 1.80. The van der Waals surface area contributed by atoms with Crippen LogP contribution in [0.25, 0.3) is 5.76 Å². The molecule has 1 aromatic rings. The number of hydrogen-bond acceptors (Lipinski definition) is 8. The van der Waals surface area contributed by atoms with Gasteiger partial charge in [-0.3, -0.25) is 14.4 Å². The Labute approximate surface area is 200 Å². The Morgan fingerprint density at radius 2 is 1.97 bits per heavy atom. The van der Waals surface area contributed by atoms with E-state index in [-0.39, 0.29) is 36.1 Å². The van der Waals surface area contributed by atoms with E-state index in [1.54, 1.807) is 0 Å². The molecule has 0 bridgehead atoms. The number of halogens is 1. The van der Waals surface area contributed by atoms with Crippen LogP contribution in [0.2, 0.25) is 5.02 Å². The lowest BCUT2D eigenvalue weighted by molar-refractivity contribution is -0.147. The Morgan fingerprint density at radius 3 is 2.62 bits per heavy atom. The lowest BCUT2D eigenvalue weighted by atomic mass is 9.59. The molecule has 1 unspecified atom stereocenters. The quantitative estimate of drug-likeness (QED) is 0.259. The summed E-state index contributed by atoms with van der Waals surface area (Å²) in [6.07, 6.45) is 1.90. The lowest BCUT2D eigenvalue weighted by Gasteiger charge is -2.46. The number of Topliss-reactive ketones (excluding diaryl/α,β-unsaturated/α-hetero) is 2. The summed E-state index contributed by atoms with van der Waals surface area (Å²) in [5.74, 6) is -6.55. The van der Waals surface area contributed by atoms with E-state index in [9.17, 15) is 34.8 Å². The summed E-state index contributed by atoms with van der Waals surface area (Å²) in [5.41, 5.74) is 2.72. The normalized spacial score (nSPS) is 26.3. The molecule has 3 aliphatic carbocycles. The number of fused-ring (bicyclic) bond motifs is 3. The second kappa shape index (κ2) is 8.72. The molecule has 1 saturated carbocycles. The Morgan fingerprint density at radius 1 is 1.26 bits per heavy atom. The number of aromatic hydroxyl groups is 1. The molecule has 0 heterocycles. The standard InChI is InChI=1S/C24H27ClN2O7/c1-2-3-4-27-9-11-7-14(28)17-13(19(11)25)6-10-5-12-8-15(29)18(23(26)33)22(32)24(12,34)21(31)16(10)20(17)30/h7,10,12,27-28,30,32,34H,2-6,8-9H2,1H3,(H2,26,33)/t10?,12-,24-/m0/s1. The molecule has 0 aliphatic heterocycles. The van der Waals surface area contributed by atoms with Gasteiger partial charge in [0.25, 0.3) is 5.91 Å². The first-order valence-electron chi connectivity index (χ1n) is 11.2. The number of carbonyl (C=O) groups is 3. The number of phenols is 1. The lowest BCUT2D eigenvalue weighted by Crippen LogP contribution is -2.58. The van der Waals surface area contributed by atoms with Gasteiger partial charge in [-0.25, -0.2) is 0 Å². The summed E-state index contributed by atoms with van der Waals surface area (Å²) < 4.78 is 0. The van der Waals surface area contributed by atoms with Gasteiger partial charge in [-0.15, -0.1) is 0 Å². The predicted molar refractivity (Wildman–Crippen MR) is 123 cm³/mol. The first-order chi connectivity index (χ1) is 16.0. The second-order valence-electron chi connectivity index (χ2n) is 9.16. The SMILES string of the molecule is CCCCNCc1cc(O)c2c(c1Cl)CC1C[C@H]3CC(=O)C(C(N)=O)=C(O)[C@@]3(O)C(=O)C1=C2O. The zero-order valence-corrected chi connectivity index (χ0v) is 19.4. The van der Waals surface area contributed by atoms with Crippen molar-refractivity contribution < 1.29 is 34.8 Å². The van der Waals surface area contributed by atoms with Crippen LogP contribution in [-0.2, 0) is 27.3 Å². The molecule has 10 heteroatoms. The van der Waals surface area contributed by atoms with Gasteiger partial charge < -0.3 is 31.5 Å².